The number of hydrogen-bond donors (Lipinski definition) is 1. The van der Waals surface area contributed by atoms with Crippen molar-refractivity contribution in [2.24, 2.45) is 17.6 Å². The van der Waals surface area contributed by atoms with Crippen LogP contribution in [0.5, 0.6) is 0 Å². The van der Waals surface area contributed by atoms with Crippen molar-refractivity contribution >= 4 is 0 Å². The van der Waals surface area contributed by atoms with E-state index in [2.05, 4.69) is 11.8 Å². The highest BCUT2D eigenvalue weighted by molar-refractivity contribution is 4.84. The summed E-state index contributed by atoms with van der Waals surface area (Å²) in [6.45, 7) is 6.00. The molecule has 1 aliphatic heterocycles. The van der Waals surface area contributed by atoms with Crippen LogP contribution in [-0.2, 0) is 0 Å². The van der Waals surface area contributed by atoms with Crippen molar-refractivity contribution in [1.82, 2.24) is 4.90 Å². The van der Waals surface area contributed by atoms with Gasteiger partial charge in [0.25, 0.3) is 0 Å². The molecule has 0 aromatic carbocycles. The lowest BCUT2D eigenvalue weighted by Crippen LogP contribution is -2.46. The van der Waals surface area contributed by atoms with Crippen LogP contribution in [0.3, 0.4) is 0 Å². The van der Waals surface area contributed by atoms with Gasteiger partial charge in [-0.25, -0.2) is 0 Å². The molecule has 1 saturated carbocycles. The minimum atomic E-state index is 0.408. The van der Waals surface area contributed by atoms with Crippen molar-refractivity contribution in [2.75, 3.05) is 19.6 Å². The zero-order valence-corrected chi connectivity index (χ0v) is 10.8. The van der Waals surface area contributed by atoms with Crippen molar-refractivity contribution in [2.45, 2.75) is 57.9 Å². The number of likely N-dealkylation sites (tertiary alicyclic amines) is 1. The summed E-state index contributed by atoms with van der Waals surface area (Å²) in [5.41, 5.74) is 6.14. The second-order valence-corrected chi connectivity index (χ2v) is 5.90. The third-order valence-corrected chi connectivity index (χ3v) is 4.53. The highest BCUT2D eigenvalue weighted by atomic mass is 15.1. The third kappa shape index (κ3) is 3.21. The predicted molar refractivity (Wildman–Crippen MR) is 69.4 cm³/mol. The molecule has 2 aliphatic rings. The van der Waals surface area contributed by atoms with E-state index in [0.717, 1.165) is 18.4 Å². The van der Waals surface area contributed by atoms with Gasteiger partial charge in [0.1, 0.15) is 0 Å². The molecule has 2 rings (SSSR count). The number of hydrogen-bond acceptors (Lipinski definition) is 2. The summed E-state index contributed by atoms with van der Waals surface area (Å²) in [4.78, 5) is 2.63. The molecule has 16 heavy (non-hydrogen) atoms. The topological polar surface area (TPSA) is 29.3 Å². The SMILES string of the molecule is CCCC(N)CN1CCC2CCCCC2C1. The second kappa shape index (κ2) is 6.02. The molecule has 2 nitrogen and oxygen atoms in total. The molecule has 0 bridgehead atoms. The Hall–Kier alpha value is -0.0800. The van der Waals surface area contributed by atoms with E-state index in [1.54, 1.807) is 0 Å². The highest BCUT2D eigenvalue weighted by Crippen LogP contribution is 2.35. The number of nitrogens with two attached hydrogens (primary N) is 1. The smallest absolute Gasteiger partial charge is 0.0167 e. The van der Waals surface area contributed by atoms with Gasteiger partial charge in [-0.05, 0) is 37.6 Å². The van der Waals surface area contributed by atoms with E-state index in [9.17, 15) is 0 Å². The first-order valence-corrected chi connectivity index (χ1v) is 7.27. The van der Waals surface area contributed by atoms with Crippen LogP contribution in [0.1, 0.15) is 51.9 Å². The van der Waals surface area contributed by atoms with Gasteiger partial charge in [0.15, 0.2) is 0 Å². The standard InChI is InChI=1S/C14H28N2/c1-2-5-14(15)11-16-9-8-12-6-3-4-7-13(12)10-16/h12-14H,2-11,15H2,1H3. The molecule has 3 atom stereocenters. The normalized spacial score (nSPS) is 33.4. The molecule has 0 spiro atoms. The van der Waals surface area contributed by atoms with Crippen molar-refractivity contribution in [3.8, 4) is 0 Å². The Morgan fingerprint density at radius 2 is 1.94 bits per heavy atom. The second-order valence-electron chi connectivity index (χ2n) is 5.90. The zero-order valence-electron chi connectivity index (χ0n) is 10.8. The van der Waals surface area contributed by atoms with Crippen molar-refractivity contribution in [1.29, 1.82) is 0 Å². The molecule has 0 amide bonds. The Bertz CT molecular complexity index is 205. The Balaban J connectivity index is 1.76. The Labute approximate surface area is 101 Å². The molecule has 2 N–H and O–H groups in total. The van der Waals surface area contributed by atoms with Gasteiger partial charge in [0, 0.05) is 19.1 Å². The molecule has 1 saturated heterocycles. The molecule has 2 fully saturated rings. The van der Waals surface area contributed by atoms with Crippen LogP contribution in [-0.4, -0.2) is 30.6 Å². The third-order valence-electron chi connectivity index (χ3n) is 4.53. The van der Waals surface area contributed by atoms with Gasteiger partial charge in [-0.2, -0.15) is 0 Å². The van der Waals surface area contributed by atoms with Crippen LogP contribution in [0.4, 0.5) is 0 Å². The summed E-state index contributed by atoms with van der Waals surface area (Å²) in [6.07, 6.45) is 9.77. The van der Waals surface area contributed by atoms with E-state index < -0.39 is 0 Å². The molecule has 94 valence electrons. The van der Waals surface area contributed by atoms with Crippen molar-refractivity contribution in [3.63, 3.8) is 0 Å². The molecule has 0 aromatic rings. The van der Waals surface area contributed by atoms with Crippen LogP contribution in [0, 0.1) is 11.8 Å². The van der Waals surface area contributed by atoms with E-state index in [1.165, 1.54) is 58.0 Å². The van der Waals surface area contributed by atoms with Gasteiger partial charge >= 0.3 is 0 Å². The first-order chi connectivity index (χ1) is 7.79. The predicted octanol–water partition coefficient (Wildman–Crippen LogP) is 2.63. The summed E-state index contributed by atoms with van der Waals surface area (Å²) in [6, 6.07) is 0.408. The van der Waals surface area contributed by atoms with Crippen molar-refractivity contribution < 1.29 is 0 Å². The minimum Gasteiger partial charge on any atom is -0.327 e. The molecule has 3 unspecified atom stereocenters. The molecular formula is C14H28N2. The Morgan fingerprint density at radius 3 is 2.69 bits per heavy atom. The molecule has 2 heteroatoms. The Morgan fingerprint density at radius 1 is 1.19 bits per heavy atom. The maximum absolute atomic E-state index is 6.14. The summed E-state index contributed by atoms with van der Waals surface area (Å²) < 4.78 is 0. The summed E-state index contributed by atoms with van der Waals surface area (Å²) in [5.74, 6) is 2.05. The van der Waals surface area contributed by atoms with Crippen LogP contribution in [0.2, 0.25) is 0 Å². The average Bonchev–Trinajstić information content (AvgIpc) is 2.29. The molecule has 0 radical (unpaired) electrons. The lowest BCUT2D eigenvalue weighted by atomic mass is 9.75. The highest BCUT2D eigenvalue weighted by Gasteiger charge is 2.31. The maximum Gasteiger partial charge on any atom is 0.0167 e. The van der Waals surface area contributed by atoms with Gasteiger partial charge in [0.2, 0.25) is 0 Å². The van der Waals surface area contributed by atoms with E-state index in [4.69, 9.17) is 5.73 Å². The fourth-order valence-electron chi connectivity index (χ4n) is 3.64. The quantitative estimate of drug-likeness (QED) is 0.795. The lowest BCUT2D eigenvalue weighted by molar-refractivity contribution is 0.0821. The van der Waals surface area contributed by atoms with Gasteiger partial charge in [-0.3, -0.25) is 0 Å². The first-order valence-electron chi connectivity index (χ1n) is 7.27. The molecule has 1 aliphatic carbocycles. The van der Waals surface area contributed by atoms with E-state index in [0.29, 0.717) is 6.04 Å². The molecule has 0 aromatic heterocycles. The largest absolute Gasteiger partial charge is 0.327 e. The van der Waals surface area contributed by atoms with Crippen LogP contribution in [0.15, 0.2) is 0 Å². The Kier molecular flexibility index (Phi) is 4.66. The number of rotatable bonds is 4. The van der Waals surface area contributed by atoms with E-state index in [-0.39, 0.29) is 0 Å². The van der Waals surface area contributed by atoms with Gasteiger partial charge < -0.3 is 10.6 Å². The molecular weight excluding hydrogens is 196 g/mol. The van der Waals surface area contributed by atoms with Crippen LogP contribution < -0.4 is 5.73 Å². The molecule has 1 heterocycles. The summed E-state index contributed by atoms with van der Waals surface area (Å²) in [5, 5.41) is 0. The minimum absolute atomic E-state index is 0.408. The van der Waals surface area contributed by atoms with E-state index >= 15 is 0 Å². The van der Waals surface area contributed by atoms with Gasteiger partial charge in [-0.15, -0.1) is 0 Å². The van der Waals surface area contributed by atoms with Crippen LogP contribution >= 0.6 is 0 Å². The number of fused-ring (bicyclic) bond motifs is 1. The van der Waals surface area contributed by atoms with Gasteiger partial charge in [0.05, 0.1) is 0 Å². The monoisotopic (exact) mass is 224 g/mol. The van der Waals surface area contributed by atoms with E-state index in [1.807, 2.05) is 0 Å². The van der Waals surface area contributed by atoms with Crippen LogP contribution in [0.25, 0.3) is 0 Å². The summed E-state index contributed by atoms with van der Waals surface area (Å²) >= 11 is 0. The first kappa shape index (κ1) is 12.4. The van der Waals surface area contributed by atoms with Crippen molar-refractivity contribution in [3.05, 3.63) is 0 Å². The average molecular weight is 224 g/mol. The lowest BCUT2D eigenvalue weighted by Gasteiger charge is -2.42. The fraction of sp³-hybridized carbons (Fsp3) is 1.00. The zero-order chi connectivity index (χ0) is 11.4. The summed E-state index contributed by atoms with van der Waals surface area (Å²) in [7, 11) is 0. The number of piperidine rings is 1. The number of nitrogens with zero attached hydrogens (tertiary/aromatic N) is 1. The van der Waals surface area contributed by atoms with Gasteiger partial charge in [-0.1, -0.05) is 32.6 Å². The maximum atomic E-state index is 6.14. The fourth-order valence-corrected chi connectivity index (χ4v) is 3.64.